The summed E-state index contributed by atoms with van der Waals surface area (Å²) in [5.41, 5.74) is 0.807. The topological polar surface area (TPSA) is 26.3 Å². The summed E-state index contributed by atoms with van der Waals surface area (Å²) in [5.74, 6) is -0.0268. The van der Waals surface area contributed by atoms with Crippen molar-refractivity contribution in [1.29, 1.82) is 0 Å². The molecule has 0 saturated heterocycles. The number of hydrogen-bond donors (Lipinski definition) is 0. The fourth-order valence-electron chi connectivity index (χ4n) is 2.44. The minimum atomic E-state index is -2.77. The molecule has 0 fully saturated rings. The molecule has 0 heterocycles. The first-order valence-corrected chi connectivity index (χ1v) is 16.8. The number of unbranched alkanes of at least 4 members (excludes halogenated alkanes) is 3. The summed E-state index contributed by atoms with van der Waals surface area (Å²) < 4.78 is 11.0. The van der Waals surface area contributed by atoms with Crippen molar-refractivity contribution in [2.75, 3.05) is 0 Å². The van der Waals surface area contributed by atoms with Gasteiger partial charge in [0.05, 0.1) is 0 Å². The Morgan fingerprint density at radius 3 is 1.57 bits per heavy atom. The number of carbonyl (C=O) groups excluding carboxylic acids is 1. The molecule has 0 unspecified atom stereocenters. The third-order valence-corrected chi connectivity index (χ3v) is 17.5. The zero-order valence-electron chi connectivity index (χ0n) is 14.6. The zero-order valence-corrected chi connectivity index (χ0v) is 19.6. The molecule has 4 heteroatoms. The quantitative estimate of drug-likeness (QED) is 0.176. The van der Waals surface area contributed by atoms with E-state index in [0.717, 1.165) is 9.15 Å². The first kappa shape index (κ1) is 21.7. The van der Waals surface area contributed by atoms with Crippen molar-refractivity contribution >= 4 is 47.4 Å². The molecule has 0 aliphatic carbocycles. The number of allylic oxidation sites excluding steroid dienone is 1. The van der Waals surface area contributed by atoms with Gasteiger partial charge in [0.25, 0.3) is 0 Å². The van der Waals surface area contributed by atoms with Gasteiger partial charge >= 0.3 is 151 Å². The van der Waals surface area contributed by atoms with Crippen molar-refractivity contribution in [2.45, 2.75) is 86.5 Å². The fraction of sp³-hybridized carbons (Fsp3) is 0.824. The Kier molecular flexibility index (Phi) is 12.6. The molecule has 21 heavy (non-hydrogen) atoms. The minimum absolute atomic E-state index is 0.0268. The van der Waals surface area contributed by atoms with Crippen molar-refractivity contribution in [3.8, 4) is 0 Å². The molecule has 124 valence electrons. The van der Waals surface area contributed by atoms with Crippen molar-refractivity contribution in [3.05, 3.63) is 9.15 Å². The van der Waals surface area contributed by atoms with Crippen LogP contribution in [0.15, 0.2) is 9.15 Å². The molecular weight excluding hydrogens is 482 g/mol. The van der Waals surface area contributed by atoms with E-state index < -0.39 is 18.8 Å². The van der Waals surface area contributed by atoms with Crippen LogP contribution < -0.4 is 0 Å². The van der Waals surface area contributed by atoms with E-state index in [1.807, 2.05) is 13.8 Å². The van der Waals surface area contributed by atoms with E-state index in [-0.39, 0.29) is 5.97 Å². The van der Waals surface area contributed by atoms with E-state index in [1.165, 1.54) is 51.8 Å². The van der Waals surface area contributed by atoms with E-state index in [4.69, 9.17) is 3.07 Å². The Hall–Kier alpha value is 0.739. The van der Waals surface area contributed by atoms with Gasteiger partial charge in [0.15, 0.2) is 0 Å². The van der Waals surface area contributed by atoms with Gasteiger partial charge in [0.1, 0.15) is 0 Å². The molecule has 0 rings (SSSR count). The molecule has 0 aliphatic rings. The second-order valence-electron chi connectivity index (χ2n) is 6.04. The molecule has 0 bridgehead atoms. The van der Waals surface area contributed by atoms with Gasteiger partial charge in [-0.25, -0.2) is 0 Å². The second-order valence-corrected chi connectivity index (χ2v) is 19.3. The average molecular weight is 515 g/mol. The van der Waals surface area contributed by atoms with Crippen LogP contribution >= 0.6 is 22.6 Å². The van der Waals surface area contributed by atoms with E-state index in [2.05, 4.69) is 43.4 Å². The van der Waals surface area contributed by atoms with Gasteiger partial charge in [0, 0.05) is 0 Å². The summed E-state index contributed by atoms with van der Waals surface area (Å²) in [6.45, 7) is 10.6. The molecule has 0 radical (unpaired) electrons. The molecule has 0 aromatic rings. The fourth-order valence-corrected chi connectivity index (χ4v) is 15.8. The van der Waals surface area contributed by atoms with E-state index >= 15 is 0 Å². The first-order chi connectivity index (χ1) is 9.92. The summed E-state index contributed by atoms with van der Waals surface area (Å²) >= 11 is -0.551. The van der Waals surface area contributed by atoms with Gasteiger partial charge in [-0.15, -0.1) is 0 Å². The molecule has 2 nitrogen and oxygen atoms in total. The van der Waals surface area contributed by atoms with Gasteiger partial charge in [-0.05, 0) is 0 Å². The van der Waals surface area contributed by atoms with Crippen LogP contribution in [-0.2, 0) is 7.87 Å². The average Bonchev–Trinajstić information content (AvgIpc) is 2.47. The van der Waals surface area contributed by atoms with Gasteiger partial charge < -0.3 is 0 Å². The van der Waals surface area contributed by atoms with Crippen LogP contribution in [0.5, 0.6) is 0 Å². The molecule has 0 amide bonds. The SMILES string of the molecule is CCC[CH2][Sn]([CH2]CCC)([CH2]CCC)[O]C(=O)/C(C)=C(/C)I. The number of carbonyl (C=O) groups is 1. The van der Waals surface area contributed by atoms with Gasteiger partial charge in [-0.2, -0.15) is 0 Å². The van der Waals surface area contributed by atoms with Crippen molar-refractivity contribution in [3.63, 3.8) is 0 Å². The molecular formula is C17H33IO2Sn. The van der Waals surface area contributed by atoms with Crippen LogP contribution in [0.4, 0.5) is 0 Å². The molecule has 0 aromatic carbocycles. The third kappa shape index (κ3) is 8.82. The van der Waals surface area contributed by atoms with Crippen LogP contribution in [0.3, 0.4) is 0 Å². The number of halogens is 1. The Morgan fingerprint density at radius 1 is 0.905 bits per heavy atom. The molecule has 0 atom stereocenters. The molecule has 0 saturated carbocycles. The maximum atomic E-state index is 12.5. The summed E-state index contributed by atoms with van der Waals surface area (Å²) in [6, 6.07) is 0. The van der Waals surface area contributed by atoms with E-state index in [9.17, 15) is 4.79 Å². The number of rotatable bonds is 11. The van der Waals surface area contributed by atoms with E-state index in [1.54, 1.807) is 0 Å². The standard InChI is InChI=1S/C5H7IO2.3C4H9.Sn/c1-3(4(2)6)5(7)8;3*1-3-4-2;/h1-2H3,(H,7,8);3*1,3-4H2,2H3;/q;;;;+1/p-1/b4-3-;;;;. The van der Waals surface area contributed by atoms with Crippen LogP contribution in [0, 0.1) is 0 Å². The monoisotopic (exact) mass is 516 g/mol. The van der Waals surface area contributed by atoms with Crippen LogP contribution in [0.1, 0.15) is 73.1 Å². The second kappa shape index (κ2) is 12.2. The summed E-state index contributed by atoms with van der Waals surface area (Å²) in [7, 11) is 0. The maximum absolute atomic E-state index is 12.5. The summed E-state index contributed by atoms with van der Waals surface area (Å²) in [5, 5.41) is 0. The normalized spacial score (nSPS) is 13.0. The molecule has 0 N–H and O–H groups in total. The Balaban J connectivity index is 5.11. The van der Waals surface area contributed by atoms with Crippen molar-refractivity contribution in [1.82, 2.24) is 0 Å². The van der Waals surface area contributed by atoms with Crippen LogP contribution in [-0.4, -0.2) is 24.8 Å². The van der Waals surface area contributed by atoms with Gasteiger partial charge in [-0.1, -0.05) is 0 Å². The van der Waals surface area contributed by atoms with Crippen LogP contribution in [0.25, 0.3) is 0 Å². The predicted octanol–water partition coefficient (Wildman–Crippen LogP) is 6.60. The van der Waals surface area contributed by atoms with Gasteiger partial charge in [0.2, 0.25) is 0 Å². The molecule has 0 spiro atoms. The zero-order chi connectivity index (χ0) is 16.3. The number of hydrogen-bond acceptors (Lipinski definition) is 2. The molecule has 0 aliphatic heterocycles. The summed E-state index contributed by atoms with van der Waals surface area (Å²) in [4.78, 5) is 12.5. The van der Waals surface area contributed by atoms with Crippen molar-refractivity contribution in [2.24, 2.45) is 0 Å². The molecule has 0 aromatic heterocycles. The Labute approximate surface area is 150 Å². The Morgan fingerprint density at radius 2 is 1.29 bits per heavy atom. The van der Waals surface area contributed by atoms with Crippen molar-refractivity contribution < 1.29 is 7.87 Å². The first-order valence-electron chi connectivity index (χ1n) is 8.48. The van der Waals surface area contributed by atoms with E-state index in [0.29, 0.717) is 0 Å². The van der Waals surface area contributed by atoms with Gasteiger partial charge in [-0.3, -0.25) is 0 Å². The predicted molar refractivity (Wildman–Crippen MR) is 103 cm³/mol. The Bertz CT molecular complexity index is 314. The van der Waals surface area contributed by atoms with Crippen LogP contribution in [0.2, 0.25) is 13.3 Å². The third-order valence-electron chi connectivity index (χ3n) is 4.09. The summed E-state index contributed by atoms with van der Waals surface area (Å²) in [6.07, 6.45) is 7.28.